The summed E-state index contributed by atoms with van der Waals surface area (Å²) in [5.74, 6) is 1.34. The molecule has 1 aliphatic carbocycles. The summed E-state index contributed by atoms with van der Waals surface area (Å²) >= 11 is 0. The van der Waals surface area contributed by atoms with Crippen molar-refractivity contribution in [3.8, 4) is 0 Å². The SMILES string of the molecule is CN=C(NCCNC(=O)C(C)(C)C)NC1CCN(C(=O)C2CCCCC2)C1. The van der Waals surface area contributed by atoms with Gasteiger partial charge in [-0.05, 0) is 19.3 Å². The molecule has 154 valence electrons. The zero-order valence-corrected chi connectivity index (χ0v) is 17.4. The van der Waals surface area contributed by atoms with Crippen LogP contribution >= 0.6 is 0 Å². The standard InChI is InChI=1S/C20H37N5O2/c1-20(2,3)18(27)22-11-12-23-19(21-4)24-16-10-13-25(14-16)17(26)15-8-6-5-7-9-15/h15-16H,5-14H2,1-4H3,(H,22,27)(H2,21,23,24). The fourth-order valence-corrected chi connectivity index (χ4v) is 3.70. The third-order valence-electron chi connectivity index (χ3n) is 5.40. The van der Waals surface area contributed by atoms with Crippen LogP contribution in [-0.4, -0.2) is 61.9 Å². The first-order valence-electron chi connectivity index (χ1n) is 10.4. The summed E-state index contributed by atoms with van der Waals surface area (Å²) < 4.78 is 0. The first kappa shape index (κ1) is 21.5. The third kappa shape index (κ3) is 6.70. The Balaban J connectivity index is 1.69. The van der Waals surface area contributed by atoms with Crippen molar-refractivity contribution in [1.29, 1.82) is 0 Å². The third-order valence-corrected chi connectivity index (χ3v) is 5.40. The number of hydrogen-bond donors (Lipinski definition) is 3. The van der Waals surface area contributed by atoms with Gasteiger partial charge in [0.1, 0.15) is 0 Å². The lowest BCUT2D eigenvalue weighted by atomic mass is 9.88. The molecule has 2 rings (SSSR count). The van der Waals surface area contributed by atoms with Crippen molar-refractivity contribution in [2.75, 3.05) is 33.2 Å². The minimum absolute atomic E-state index is 0.0416. The van der Waals surface area contributed by atoms with Crippen LogP contribution in [0.15, 0.2) is 4.99 Å². The second-order valence-corrected chi connectivity index (χ2v) is 8.75. The summed E-state index contributed by atoms with van der Waals surface area (Å²) in [5.41, 5.74) is -0.377. The number of nitrogens with zero attached hydrogens (tertiary/aromatic N) is 2. The summed E-state index contributed by atoms with van der Waals surface area (Å²) in [5, 5.41) is 9.55. The molecule has 1 unspecified atom stereocenters. The molecule has 0 aromatic rings. The van der Waals surface area contributed by atoms with E-state index in [9.17, 15) is 9.59 Å². The van der Waals surface area contributed by atoms with Gasteiger partial charge in [-0.2, -0.15) is 0 Å². The first-order valence-corrected chi connectivity index (χ1v) is 10.4. The van der Waals surface area contributed by atoms with Gasteiger partial charge in [-0.1, -0.05) is 40.0 Å². The van der Waals surface area contributed by atoms with Crippen molar-refractivity contribution in [1.82, 2.24) is 20.9 Å². The molecule has 0 spiro atoms. The molecule has 1 heterocycles. The zero-order valence-electron chi connectivity index (χ0n) is 17.4. The normalized spacial score (nSPS) is 21.9. The fourth-order valence-electron chi connectivity index (χ4n) is 3.70. The maximum Gasteiger partial charge on any atom is 0.225 e. The van der Waals surface area contributed by atoms with Crippen molar-refractivity contribution in [2.45, 2.75) is 65.3 Å². The van der Waals surface area contributed by atoms with Crippen LogP contribution in [0.5, 0.6) is 0 Å². The average molecular weight is 380 g/mol. The van der Waals surface area contributed by atoms with Gasteiger partial charge in [-0.25, -0.2) is 0 Å². The topological polar surface area (TPSA) is 85.8 Å². The van der Waals surface area contributed by atoms with Gasteiger partial charge in [0.15, 0.2) is 5.96 Å². The van der Waals surface area contributed by atoms with E-state index in [0.29, 0.717) is 19.0 Å². The van der Waals surface area contributed by atoms with E-state index in [-0.39, 0.29) is 23.3 Å². The number of guanidine groups is 1. The Bertz CT molecular complexity index is 535. The first-order chi connectivity index (χ1) is 12.8. The van der Waals surface area contributed by atoms with Gasteiger partial charge in [0.25, 0.3) is 0 Å². The number of hydrogen-bond acceptors (Lipinski definition) is 3. The van der Waals surface area contributed by atoms with Crippen LogP contribution in [0.25, 0.3) is 0 Å². The lowest BCUT2D eigenvalue weighted by Gasteiger charge is -2.26. The quantitative estimate of drug-likeness (QED) is 0.384. The summed E-state index contributed by atoms with van der Waals surface area (Å²) in [6.07, 6.45) is 6.70. The maximum absolute atomic E-state index is 12.7. The Morgan fingerprint density at radius 2 is 1.70 bits per heavy atom. The van der Waals surface area contributed by atoms with Crippen LogP contribution in [0, 0.1) is 11.3 Å². The van der Waals surface area contributed by atoms with Gasteiger partial charge >= 0.3 is 0 Å². The summed E-state index contributed by atoms with van der Waals surface area (Å²) in [6, 6.07) is 0.230. The Kier molecular flexibility index (Phi) is 7.92. The van der Waals surface area contributed by atoms with Crippen LogP contribution in [0.3, 0.4) is 0 Å². The van der Waals surface area contributed by atoms with Gasteiger partial charge in [0.05, 0.1) is 0 Å². The number of likely N-dealkylation sites (tertiary alicyclic amines) is 1. The Labute approximate surface area is 163 Å². The molecule has 1 atom stereocenters. The van der Waals surface area contributed by atoms with Crippen LogP contribution in [-0.2, 0) is 9.59 Å². The Morgan fingerprint density at radius 3 is 2.33 bits per heavy atom. The molecule has 2 fully saturated rings. The van der Waals surface area contributed by atoms with E-state index in [4.69, 9.17) is 0 Å². The smallest absolute Gasteiger partial charge is 0.225 e. The Morgan fingerprint density at radius 1 is 1.04 bits per heavy atom. The highest BCUT2D eigenvalue weighted by molar-refractivity contribution is 5.82. The molecular weight excluding hydrogens is 342 g/mol. The van der Waals surface area contributed by atoms with Crippen molar-refractivity contribution in [3.05, 3.63) is 0 Å². The average Bonchev–Trinajstić information content (AvgIpc) is 3.11. The number of amides is 2. The van der Waals surface area contributed by atoms with Crippen molar-refractivity contribution < 1.29 is 9.59 Å². The molecule has 2 aliphatic rings. The highest BCUT2D eigenvalue weighted by atomic mass is 16.2. The highest BCUT2D eigenvalue weighted by Gasteiger charge is 2.31. The minimum atomic E-state index is -0.377. The molecule has 0 aromatic heterocycles. The molecule has 1 aliphatic heterocycles. The fraction of sp³-hybridized carbons (Fsp3) is 0.850. The predicted molar refractivity (Wildman–Crippen MR) is 109 cm³/mol. The lowest BCUT2D eigenvalue weighted by molar-refractivity contribution is -0.135. The maximum atomic E-state index is 12.7. The number of carbonyl (C=O) groups excluding carboxylic acids is 2. The number of aliphatic imine (C=N–C) groups is 1. The molecule has 3 N–H and O–H groups in total. The van der Waals surface area contributed by atoms with Crippen LogP contribution in [0.1, 0.15) is 59.3 Å². The number of rotatable bonds is 5. The Hall–Kier alpha value is -1.79. The van der Waals surface area contributed by atoms with Crippen molar-refractivity contribution in [3.63, 3.8) is 0 Å². The van der Waals surface area contributed by atoms with E-state index in [1.54, 1.807) is 7.05 Å². The van der Waals surface area contributed by atoms with E-state index in [2.05, 4.69) is 20.9 Å². The van der Waals surface area contributed by atoms with Gasteiger partial charge in [0, 0.05) is 50.6 Å². The van der Waals surface area contributed by atoms with Crippen molar-refractivity contribution in [2.24, 2.45) is 16.3 Å². The van der Waals surface area contributed by atoms with Crippen LogP contribution in [0.2, 0.25) is 0 Å². The van der Waals surface area contributed by atoms with Gasteiger partial charge in [0.2, 0.25) is 11.8 Å². The van der Waals surface area contributed by atoms with E-state index in [1.807, 2.05) is 25.7 Å². The number of carbonyl (C=O) groups is 2. The van der Waals surface area contributed by atoms with Gasteiger partial charge < -0.3 is 20.9 Å². The summed E-state index contributed by atoms with van der Waals surface area (Å²) in [6.45, 7) is 8.43. The van der Waals surface area contributed by atoms with Crippen molar-refractivity contribution >= 4 is 17.8 Å². The van der Waals surface area contributed by atoms with E-state index in [1.165, 1.54) is 19.3 Å². The molecule has 7 heteroatoms. The van der Waals surface area contributed by atoms with E-state index in [0.717, 1.165) is 38.3 Å². The largest absolute Gasteiger partial charge is 0.355 e. The molecule has 1 saturated heterocycles. The molecule has 7 nitrogen and oxygen atoms in total. The monoisotopic (exact) mass is 379 g/mol. The molecule has 0 bridgehead atoms. The summed E-state index contributed by atoms with van der Waals surface area (Å²) in [7, 11) is 1.74. The van der Waals surface area contributed by atoms with Gasteiger partial charge in [-0.15, -0.1) is 0 Å². The van der Waals surface area contributed by atoms with Crippen LogP contribution < -0.4 is 16.0 Å². The molecule has 27 heavy (non-hydrogen) atoms. The second-order valence-electron chi connectivity index (χ2n) is 8.75. The molecule has 1 saturated carbocycles. The molecule has 2 amide bonds. The van der Waals surface area contributed by atoms with E-state index < -0.39 is 0 Å². The second kappa shape index (κ2) is 9.95. The predicted octanol–water partition coefficient (Wildman–Crippen LogP) is 1.49. The summed E-state index contributed by atoms with van der Waals surface area (Å²) in [4.78, 5) is 30.8. The molecular formula is C20H37N5O2. The zero-order chi connectivity index (χ0) is 19.9. The molecule has 0 aromatic carbocycles. The van der Waals surface area contributed by atoms with Crippen LogP contribution in [0.4, 0.5) is 0 Å². The van der Waals surface area contributed by atoms with Gasteiger partial charge in [-0.3, -0.25) is 14.6 Å². The highest BCUT2D eigenvalue weighted by Crippen LogP contribution is 2.26. The number of nitrogens with one attached hydrogen (secondary N) is 3. The van der Waals surface area contributed by atoms with E-state index >= 15 is 0 Å². The minimum Gasteiger partial charge on any atom is -0.355 e. The lowest BCUT2D eigenvalue weighted by Crippen LogP contribution is -2.47. The molecule has 0 radical (unpaired) electrons.